The highest BCUT2D eigenvalue weighted by Crippen LogP contribution is 2.28. The zero-order chi connectivity index (χ0) is 25.5. The second-order valence-corrected chi connectivity index (χ2v) is 8.21. The summed E-state index contributed by atoms with van der Waals surface area (Å²) in [6.45, 7) is 4.24. The Morgan fingerprint density at radius 2 is 1.58 bits per heavy atom. The molecule has 7 heteroatoms. The summed E-state index contributed by atoms with van der Waals surface area (Å²) in [4.78, 5) is 28.9. The van der Waals surface area contributed by atoms with Crippen LogP contribution in [0.4, 0.5) is 5.69 Å². The number of nitrogens with one attached hydrogen (secondary N) is 1. The molecule has 4 aromatic rings. The molecule has 1 N–H and O–H groups in total. The maximum Gasteiger partial charge on any atom is 0.339 e. The molecule has 0 aliphatic heterocycles. The first kappa shape index (κ1) is 24.7. The summed E-state index contributed by atoms with van der Waals surface area (Å²) in [5, 5.41) is 4.80. The Morgan fingerprint density at radius 1 is 0.889 bits per heavy atom. The topological polar surface area (TPSA) is 86.8 Å². The van der Waals surface area contributed by atoms with Gasteiger partial charge in [-0.1, -0.05) is 38.1 Å². The number of ether oxygens (including phenoxy) is 3. The third-order valence-electron chi connectivity index (χ3n) is 5.80. The number of esters is 1. The molecule has 0 radical (unpaired) electrons. The van der Waals surface area contributed by atoms with E-state index < -0.39 is 11.9 Å². The minimum Gasteiger partial charge on any atom is -0.490 e. The van der Waals surface area contributed by atoms with Crippen molar-refractivity contribution in [3.05, 3.63) is 90.1 Å². The van der Waals surface area contributed by atoms with Gasteiger partial charge in [0.2, 0.25) is 5.88 Å². The van der Waals surface area contributed by atoms with Crippen molar-refractivity contribution in [3.8, 4) is 17.4 Å². The van der Waals surface area contributed by atoms with Crippen LogP contribution in [-0.4, -0.2) is 30.1 Å². The number of nitrogens with zero attached hydrogens (tertiary/aromatic N) is 1. The van der Waals surface area contributed by atoms with E-state index in [9.17, 15) is 9.59 Å². The predicted octanol–water partition coefficient (Wildman–Crippen LogP) is 6.63. The number of pyridine rings is 1. The van der Waals surface area contributed by atoms with Crippen LogP contribution in [0.1, 0.15) is 47.4 Å². The lowest BCUT2D eigenvalue weighted by molar-refractivity contribution is 0.0602. The fourth-order valence-corrected chi connectivity index (χ4v) is 3.76. The molecule has 36 heavy (non-hydrogen) atoms. The molecule has 184 valence electrons. The molecule has 3 aromatic carbocycles. The number of amides is 1. The zero-order valence-electron chi connectivity index (χ0n) is 20.5. The number of methoxy groups -OCH3 is 1. The molecule has 0 aliphatic rings. The fraction of sp³-hybridized carbons (Fsp3) is 0.207. The highest BCUT2D eigenvalue weighted by molar-refractivity contribution is 6.07. The Hall–Kier alpha value is -4.39. The first-order valence-corrected chi connectivity index (χ1v) is 11.8. The van der Waals surface area contributed by atoms with E-state index in [4.69, 9.17) is 14.2 Å². The minimum atomic E-state index is -0.530. The molecule has 0 fully saturated rings. The van der Waals surface area contributed by atoms with Crippen molar-refractivity contribution in [1.82, 2.24) is 4.98 Å². The van der Waals surface area contributed by atoms with E-state index in [2.05, 4.69) is 24.1 Å². The maximum atomic E-state index is 12.7. The minimum absolute atomic E-state index is 0.212. The molecule has 0 atom stereocenters. The Labute approximate surface area is 210 Å². The zero-order valence-corrected chi connectivity index (χ0v) is 20.5. The lowest BCUT2D eigenvalue weighted by Crippen LogP contribution is -2.15. The summed E-state index contributed by atoms with van der Waals surface area (Å²) in [6.07, 6.45) is 3.57. The number of carbonyl (C=O) groups excluding carboxylic acids is 2. The van der Waals surface area contributed by atoms with E-state index >= 15 is 0 Å². The predicted molar refractivity (Wildman–Crippen MR) is 139 cm³/mol. The lowest BCUT2D eigenvalue weighted by atomic mass is 10.1. The summed E-state index contributed by atoms with van der Waals surface area (Å²) in [7, 11) is 1.29. The summed E-state index contributed by atoms with van der Waals surface area (Å²) >= 11 is 0. The van der Waals surface area contributed by atoms with E-state index in [0.29, 0.717) is 22.9 Å². The molecule has 0 bridgehead atoms. The molecule has 1 aromatic heterocycles. The summed E-state index contributed by atoms with van der Waals surface area (Å²) in [6, 6.07) is 21.7. The number of para-hydroxylation sites is 1. The van der Waals surface area contributed by atoms with Crippen molar-refractivity contribution >= 4 is 28.3 Å². The standard InChI is InChI=1S/C29H28N2O5/c1-4-22(5-2)35-23-13-10-20-17-24(14-11-19(20)16-23)36-27-15-12-21(18-30-27)28(32)31-26-9-7-6-8-25(26)29(33)34-3/h6-18,22H,4-5H2,1-3H3,(H,31,32). The van der Waals surface area contributed by atoms with Crippen LogP contribution in [0.3, 0.4) is 0 Å². The van der Waals surface area contributed by atoms with Gasteiger partial charge in [-0.2, -0.15) is 0 Å². The largest absolute Gasteiger partial charge is 0.490 e. The molecular weight excluding hydrogens is 456 g/mol. The van der Waals surface area contributed by atoms with Crippen LogP contribution < -0.4 is 14.8 Å². The fourth-order valence-electron chi connectivity index (χ4n) is 3.76. The van der Waals surface area contributed by atoms with Crippen LogP contribution >= 0.6 is 0 Å². The van der Waals surface area contributed by atoms with Crippen LogP contribution in [0.25, 0.3) is 10.8 Å². The van der Waals surface area contributed by atoms with Crippen LogP contribution in [0, 0.1) is 0 Å². The van der Waals surface area contributed by atoms with E-state index in [1.165, 1.54) is 13.3 Å². The molecule has 7 nitrogen and oxygen atoms in total. The number of rotatable bonds is 9. The number of aromatic nitrogens is 1. The first-order chi connectivity index (χ1) is 17.5. The van der Waals surface area contributed by atoms with Gasteiger partial charge < -0.3 is 19.5 Å². The summed E-state index contributed by atoms with van der Waals surface area (Å²) in [5.74, 6) is 0.914. The number of hydrogen-bond donors (Lipinski definition) is 1. The van der Waals surface area contributed by atoms with E-state index in [1.54, 1.807) is 36.4 Å². The van der Waals surface area contributed by atoms with Gasteiger partial charge in [-0.15, -0.1) is 0 Å². The highest BCUT2D eigenvalue weighted by Gasteiger charge is 2.15. The van der Waals surface area contributed by atoms with Gasteiger partial charge in [-0.05, 0) is 66.1 Å². The molecule has 0 saturated heterocycles. The molecule has 0 aliphatic carbocycles. The number of fused-ring (bicyclic) bond motifs is 1. The molecule has 1 amide bonds. The number of carbonyl (C=O) groups is 2. The average Bonchev–Trinajstić information content (AvgIpc) is 2.92. The summed E-state index contributed by atoms with van der Waals surface area (Å²) in [5.41, 5.74) is 0.955. The highest BCUT2D eigenvalue weighted by atomic mass is 16.5. The van der Waals surface area contributed by atoms with E-state index in [-0.39, 0.29) is 11.7 Å². The Morgan fingerprint density at radius 3 is 2.25 bits per heavy atom. The van der Waals surface area contributed by atoms with Crippen molar-refractivity contribution in [2.45, 2.75) is 32.8 Å². The van der Waals surface area contributed by atoms with Crippen molar-refractivity contribution in [2.24, 2.45) is 0 Å². The third-order valence-corrected chi connectivity index (χ3v) is 5.80. The SMILES string of the molecule is CCC(CC)Oc1ccc2cc(Oc3ccc(C(=O)Nc4ccccc4C(=O)OC)cn3)ccc2c1. The Balaban J connectivity index is 1.43. The Bertz CT molecular complexity index is 1360. The number of anilines is 1. The van der Waals surface area contributed by atoms with Crippen molar-refractivity contribution in [3.63, 3.8) is 0 Å². The van der Waals surface area contributed by atoms with Gasteiger partial charge in [0.25, 0.3) is 5.91 Å². The molecule has 0 saturated carbocycles. The van der Waals surface area contributed by atoms with Crippen molar-refractivity contribution in [2.75, 3.05) is 12.4 Å². The number of hydrogen-bond acceptors (Lipinski definition) is 6. The summed E-state index contributed by atoms with van der Waals surface area (Å²) < 4.78 is 16.7. The lowest BCUT2D eigenvalue weighted by Gasteiger charge is -2.16. The molecule has 1 heterocycles. The van der Waals surface area contributed by atoms with Crippen molar-refractivity contribution in [1.29, 1.82) is 0 Å². The normalized spacial score (nSPS) is 10.8. The Kier molecular flexibility index (Phi) is 7.80. The third kappa shape index (κ3) is 5.81. The molecule has 4 rings (SSSR count). The quantitative estimate of drug-likeness (QED) is 0.268. The van der Waals surface area contributed by atoms with Gasteiger partial charge in [0, 0.05) is 12.3 Å². The van der Waals surface area contributed by atoms with Crippen LogP contribution in [-0.2, 0) is 4.74 Å². The average molecular weight is 485 g/mol. The van der Waals surface area contributed by atoms with Gasteiger partial charge in [-0.3, -0.25) is 4.79 Å². The van der Waals surface area contributed by atoms with Gasteiger partial charge >= 0.3 is 5.97 Å². The van der Waals surface area contributed by atoms with Crippen molar-refractivity contribution < 1.29 is 23.8 Å². The first-order valence-electron chi connectivity index (χ1n) is 11.8. The smallest absolute Gasteiger partial charge is 0.339 e. The van der Waals surface area contributed by atoms with E-state index in [1.807, 2.05) is 36.4 Å². The van der Waals surface area contributed by atoms with Gasteiger partial charge in [0.1, 0.15) is 11.5 Å². The maximum absolute atomic E-state index is 12.7. The van der Waals surface area contributed by atoms with Crippen LogP contribution in [0.15, 0.2) is 79.0 Å². The van der Waals surface area contributed by atoms with Crippen LogP contribution in [0.5, 0.6) is 17.4 Å². The second-order valence-electron chi connectivity index (χ2n) is 8.21. The van der Waals surface area contributed by atoms with Gasteiger partial charge in [-0.25, -0.2) is 9.78 Å². The monoisotopic (exact) mass is 484 g/mol. The van der Waals surface area contributed by atoms with Crippen LogP contribution in [0.2, 0.25) is 0 Å². The van der Waals surface area contributed by atoms with Gasteiger partial charge in [0.05, 0.1) is 30.0 Å². The molecule has 0 unspecified atom stereocenters. The molecular formula is C29H28N2O5. The second kappa shape index (κ2) is 11.4. The molecule has 0 spiro atoms. The van der Waals surface area contributed by atoms with Gasteiger partial charge in [0.15, 0.2) is 0 Å². The van der Waals surface area contributed by atoms with E-state index in [0.717, 1.165) is 29.4 Å². The number of benzene rings is 3.